The van der Waals surface area contributed by atoms with E-state index < -0.39 is 0 Å². The quantitative estimate of drug-likeness (QED) is 0.840. The zero-order valence-corrected chi connectivity index (χ0v) is 15.0. The van der Waals surface area contributed by atoms with E-state index in [4.69, 9.17) is 14.0 Å². The van der Waals surface area contributed by atoms with E-state index in [1.54, 1.807) is 0 Å². The molecule has 0 amide bonds. The van der Waals surface area contributed by atoms with Crippen molar-refractivity contribution in [2.24, 2.45) is 0 Å². The Balaban J connectivity index is 1.61. The summed E-state index contributed by atoms with van der Waals surface area (Å²) < 4.78 is 19.9. The molecule has 6 nitrogen and oxygen atoms in total. The molecule has 0 aliphatic carbocycles. The summed E-state index contributed by atoms with van der Waals surface area (Å²) in [6.07, 6.45) is 3.95. The van der Waals surface area contributed by atoms with Gasteiger partial charge in [0.15, 0.2) is 0 Å². The molecule has 1 N–H and O–H groups in total. The molecule has 2 aliphatic rings. The Kier molecular flexibility index (Phi) is 4.12. The maximum Gasteiger partial charge on any atom is 0.498 e. The topological polar surface area (TPSA) is 57.5 Å². The lowest BCUT2D eigenvalue weighted by Crippen LogP contribution is -2.54. The lowest BCUT2D eigenvalue weighted by atomic mass is 9.82. The molecule has 2 saturated heterocycles. The second kappa shape index (κ2) is 5.58. The third kappa shape index (κ3) is 3.48. The van der Waals surface area contributed by atoms with Gasteiger partial charge in [0.1, 0.15) is 0 Å². The predicted octanol–water partition coefficient (Wildman–Crippen LogP) is 0.949. The molecular weight excluding hydrogens is 293 g/mol. The molecule has 2 aliphatic heterocycles. The molecule has 3 heterocycles. The fourth-order valence-corrected chi connectivity index (χ4v) is 2.73. The summed E-state index contributed by atoms with van der Waals surface area (Å²) in [5, 5.41) is 7.93. The lowest BCUT2D eigenvalue weighted by Gasteiger charge is -2.35. The number of aromatic nitrogens is 2. The fourth-order valence-electron chi connectivity index (χ4n) is 2.73. The van der Waals surface area contributed by atoms with Crippen molar-refractivity contribution < 1.29 is 14.0 Å². The Hall–Kier alpha value is -0.885. The van der Waals surface area contributed by atoms with Crippen molar-refractivity contribution >= 4 is 12.6 Å². The minimum absolute atomic E-state index is 0.0501. The van der Waals surface area contributed by atoms with Gasteiger partial charge >= 0.3 is 7.12 Å². The van der Waals surface area contributed by atoms with E-state index in [-0.39, 0.29) is 30.0 Å². The summed E-state index contributed by atoms with van der Waals surface area (Å²) in [6, 6.07) is 0. The van der Waals surface area contributed by atoms with E-state index in [9.17, 15) is 0 Å². The van der Waals surface area contributed by atoms with Gasteiger partial charge in [-0.25, -0.2) is 0 Å². The minimum atomic E-state index is -0.363. The smallest absolute Gasteiger partial charge is 0.399 e. The third-order valence-corrected chi connectivity index (χ3v) is 5.06. The van der Waals surface area contributed by atoms with Crippen molar-refractivity contribution in [3.8, 4) is 0 Å². The molecule has 0 spiro atoms. The molecule has 0 aromatic carbocycles. The van der Waals surface area contributed by atoms with Crippen LogP contribution in [0.1, 0.15) is 41.5 Å². The molecule has 0 unspecified atom stereocenters. The van der Waals surface area contributed by atoms with Crippen LogP contribution in [0.25, 0.3) is 0 Å². The van der Waals surface area contributed by atoms with E-state index in [0.717, 1.165) is 18.6 Å². The highest BCUT2D eigenvalue weighted by atomic mass is 16.7. The van der Waals surface area contributed by atoms with E-state index >= 15 is 0 Å². The molecular formula is C16H28BN3O3. The molecule has 1 aromatic rings. The van der Waals surface area contributed by atoms with Crippen LogP contribution in [0.5, 0.6) is 0 Å². The van der Waals surface area contributed by atoms with Crippen molar-refractivity contribution in [1.29, 1.82) is 0 Å². The average molecular weight is 321 g/mol. The molecule has 3 rings (SSSR count). The first-order valence-corrected chi connectivity index (χ1v) is 8.33. The summed E-state index contributed by atoms with van der Waals surface area (Å²) in [6.45, 7) is 14.8. The van der Waals surface area contributed by atoms with Crippen molar-refractivity contribution in [3.63, 3.8) is 0 Å². The van der Waals surface area contributed by atoms with Gasteiger partial charge in [0.25, 0.3) is 0 Å². The van der Waals surface area contributed by atoms with Crippen LogP contribution < -0.4 is 10.8 Å². The van der Waals surface area contributed by atoms with E-state index in [1.807, 2.05) is 17.1 Å². The van der Waals surface area contributed by atoms with Crippen LogP contribution in [0.4, 0.5) is 0 Å². The van der Waals surface area contributed by atoms with Crippen LogP contribution in [-0.4, -0.2) is 52.9 Å². The molecule has 0 bridgehead atoms. The maximum atomic E-state index is 6.06. The summed E-state index contributed by atoms with van der Waals surface area (Å²) in [5.41, 5.74) is 0.338. The van der Waals surface area contributed by atoms with Gasteiger partial charge in [-0.2, -0.15) is 5.10 Å². The lowest BCUT2D eigenvalue weighted by molar-refractivity contribution is -0.0305. The van der Waals surface area contributed by atoms with Crippen LogP contribution in [0.15, 0.2) is 12.4 Å². The normalized spacial score (nSPS) is 29.0. The zero-order chi connectivity index (χ0) is 16.9. The standard InChI is InChI=1S/C16H28BN3O3/c1-14(2)11-21-13(8-18-14)10-20-9-12(7-19-20)17-22-15(3,4)16(5,6)23-17/h7,9,13,18H,8,10-11H2,1-6H3/t13-/m0/s1. The summed E-state index contributed by atoms with van der Waals surface area (Å²) in [7, 11) is -0.363. The Morgan fingerprint density at radius 2 is 1.87 bits per heavy atom. The van der Waals surface area contributed by atoms with Crippen molar-refractivity contribution in [3.05, 3.63) is 12.4 Å². The first-order chi connectivity index (χ1) is 10.6. The summed E-state index contributed by atoms with van der Waals surface area (Å²) in [5.74, 6) is 0. The number of morpholine rings is 1. The SMILES string of the molecule is CC1(C)CO[C@H](Cn2cc(B3OC(C)(C)C(C)(C)O3)cn2)CN1. The molecule has 0 saturated carbocycles. The Labute approximate surface area is 139 Å². The summed E-state index contributed by atoms with van der Waals surface area (Å²) >= 11 is 0. The molecule has 1 aromatic heterocycles. The average Bonchev–Trinajstić information content (AvgIpc) is 2.96. The second-order valence-corrected chi connectivity index (χ2v) is 8.28. The predicted molar refractivity (Wildman–Crippen MR) is 89.8 cm³/mol. The van der Waals surface area contributed by atoms with E-state index in [1.165, 1.54) is 0 Å². The Morgan fingerprint density at radius 1 is 1.22 bits per heavy atom. The van der Waals surface area contributed by atoms with E-state index in [0.29, 0.717) is 6.61 Å². The minimum Gasteiger partial charge on any atom is -0.399 e. The molecule has 128 valence electrons. The number of hydrogen-bond acceptors (Lipinski definition) is 5. The zero-order valence-electron chi connectivity index (χ0n) is 15.0. The van der Waals surface area contributed by atoms with Crippen molar-refractivity contribution in [2.45, 2.75) is 70.9 Å². The molecule has 1 atom stereocenters. The van der Waals surface area contributed by atoms with Crippen LogP contribution in [0.2, 0.25) is 0 Å². The fraction of sp³-hybridized carbons (Fsp3) is 0.812. The van der Waals surface area contributed by atoms with Gasteiger partial charge in [0.05, 0.1) is 30.5 Å². The van der Waals surface area contributed by atoms with Gasteiger partial charge < -0.3 is 19.4 Å². The second-order valence-electron chi connectivity index (χ2n) is 8.28. The number of hydrogen-bond donors (Lipinski definition) is 1. The molecule has 2 fully saturated rings. The number of rotatable bonds is 3. The van der Waals surface area contributed by atoms with Crippen LogP contribution in [-0.2, 0) is 20.6 Å². The first-order valence-electron chi connectivity index (χ1n) is 8.33. The van der Waals surface area contributed by atoms with Gasteiger partial charge in [-0.15, -0.1) is 0 Å². The van der Waals surface area contributed by atoms with Gasteiger partial charge in [-0.05, 0) is 41.5 Å². The van der Waals surface area contributed by atoms with Crippen LogP contribution >= 0.6 is 0 Å². The largest absolute Gasteiger partial charge is 0.498 e. The highest BCUT2D eigenvalue weighted by Crippen LogP contribution is 2.36. The highest BCUT2D eigenvalue weighted by molar-refractivity contribution is 6.61. The van der Waals surface area contributed by atoms with Crippen molar-refractivity contribution in [2.75, 3.05) is 13.2 Å². The number of nitrogens with zero attached hydrogens (tertiary/aromatic N) is 2. The van der Waals surface area contributed by atoms with Crippen LogP contribution in [0, 0.1) is 0 Å². The Bertz CT molecular complexity index is 545. The van der Waals surface area contributed by atoms with Gasteiger partial charge in [-0.3, -0.25) is 4.68 Å². The van der Waals surface area contributed by atoms with Gasteiger partial charge in [-0.1, -0.05) is 0 Å². The van der Waals surface area contributed by atoms with Crippen molar-refractivity contribution in [1.82, 2.24) is 15.1 Å². The molecule has 0 radical (unpaired) electrons. The molecule has 23 heavy (non-hydrogen) atoms. The van der Waals surface area contributed by atoms with Gasteiger partial charge in [0, 0.05) is 29.9 Å². The van der Waals surface area contributed by atoms with Gasteiger partial charge in [0.2, 0.25) is 0 Å². The Morgan fingerprint density at radius 3 is 2.43 bits per heavy atom. The van der Waals surface area contributed by atoms with E-state index in [2.05, 4.69) is 52.0 Å². The number of nitrogens with one attached hydrogen (secondary N) is 1. The van der Waals surface area contributed by atoms with Crippen LogP contribution in [0.3, 0.4) is 0 Å². The summed E-state index contributed by atoms with van der Waals surface area (Å²) in [4.78, 5) is 0. The number of ether oxygens (including phenoxy) is 1. The molecule has 7 heteroatoms. The highest BCUT2D eigenvalue weighted by Gasteiger charge is 2.52. The monoisotopic (exact) mass is 321 g/mol. The third-order valence-electron chi connectivity index (χ3n) is 5.06. The first kappa shape index (κ1) is 17.0. The maximum absolute atomic E-state index is 6.06.